The van der Waals surface area contributed by atoms with Crippen LogP contribution in [0.15, 0.2) is 48.5 Å². The third-order valence-corrected chi connectivity index (χ3v) is 4.06. The molecule has 0 saturated heterocycles. The zero-order chi connectivity index (χ0) is 18.9. The average Bonchev–Trinajstić information content (AvgIpc) is 2.66. The van der Waals surface area contributed by atoms with Gasteiger partial charge in [0, 0.05) is 12.2 Å². The summed E-state index contributed by atoms with van der Waals surface area (Å²) in [5, 5.41) is 12.4. The molecule has 0 aromatic heterocycles. The van der Waals surface area contributed by atoms with Gasteiger partial charge in [0.2, 0.25) is 0 Å². The number of anilines is 1. The van der Waals surface area contributed by atoms with Gasteiger partial charge in [-0.1, -0.05) is 26.0 Å². The Morgan fingerprint density at radius 3 is 2.31 bits per heavy atom. The third-order valence-electron chi connectivity index (χ3n) is 4.06. The zero-order valence-corrected chi connectivity index (χ0v) is 15.1. The first kappa shape index (κ1) is 19.5. The lowest BCUT2D eigenvalue weighted by atomic mass is 10.1. The second-order valence-corrected chi connectivity index (χ2v) is 5.71. The number of amides is 1. The van der Waals surface area contributed by atoms with Gasteiger partial charge in [0.15, 0.2) is 0 Å². The Kier molecular flexibility index (Phi) is 7.17. The Morgan fingerprint density at radius 1 is 1.04 bits per heavy atom. The molecule has 2 aromatic carbocycles. The highest BCUT2D eigenvalue weighted by atomic mass is 16.5. The number of phenolic OH excluding ortho intramolecular Hbond substituents is 1. The number of phenols is 1. The van der Waals surface area contributed by atoms with Crippen LogP contribution in [-0.2, 0) is 4.74 Å². The van der Waals surface area contributed by atoms with Crippen LogP contribution >= 0.6 is 0 Å². The van der Waals surface area contributed by atoms with Crippen LogP contribution in [0.3, 0.4) is 0 Å². The Bertz CT molecular complexity index is 740. The molecule has 0 atom stereocenters. The molecule has 2 rings (SSSR count). The topological polar surface area (TPSA) is 78.9 Å². The van der Waals surface area contributed by atoms with Gasteiger partial charge in [-0.05, 0) is 49.5 Å². The predicted molar refractivity (Wildman–Crippen MR) is 101 cm³/mol. The number of benzene rings is 2. The smallest absolute Gasteiger partial charge is 0.338 e. The second kappa shape index (κ2) is 9.58. The van der Waals surface area contributed by atoms with E-state index in [4.69, 9.17) is 4.74 Å². The molecule has 1 amide bonds. The highest BCUT2D eigenvalue weighted by Gasteiger charge is 2.12. The van der Waals surface area contributed by atoms with E-state index < -0.39 is 11.9 Å². The van der Waals surface area contributed by atoms with Crippen molar-refractivity contribution in [1.82, 2.24) is 4.90 Å². The predicted octanol–water partition coefficient (Wildman–Crippen LogP) is 3.14. The first-order valence-corrected chi connectivity index (χ1v) is 8.64. The van der Waals surface area contributed by atoms with Gasteiger partial charge in [0.25, 0.3) is 5.91 Å². The summed E-state index contributed by atoms with van der Waals surface area (Å²) in [5.41, 5.74) is 1.13. The molecule has 0 radical (unpaired) electrons. The fourth-order valence-electron chi connectivity index (χ4n) is 2.44. The summed E-state index contributed by atoms with van der Waals surface area (Å²) >= 11 is 0. The molecule has 26 heavy (non-hydrogen) atoms. The monoisotopic (exact) mass is 356 g/mol. The van der Waals surface area contributed by atoms with Crippen molar-refractivity contribution in [2.75, 3.05) is 31.6 Å². The van der Waals surface area contributed by atoms with E-state index in [0.29, 0.717) is 24.4 Å². The number of carbonyl (C=O) groups is 2. The molecule has 0 fully saturated rings. The fraction of sp³-hybridized carbons (Fsp3) is 0.300. The molecular formula is C20H24N2O4. The molecule has 6 nitrogen and oxygen atoms in total. The van der Waals surface area contributed by atoms with E-state index in [-0.39, 0.29) is 11.3 Å². The van der Waals surface area contributed by atoms with E-state index in [9.17, 15) is 14.7 Å². The number of aromatic hydroxyl groups is 1. The average molecular weight is 356 g/mol. The molecule has 0 aliphatic heterocycles. The lowest BCUT2D eigenvalue weighted by Crippen LogP contribution is -2.27. The zero-order valence-electron chi connectivity index (χ0n) is 15.1. The van der Waals surface area contributed by atoms with E-state index in [1.54, 1.807) is 36.4 Å². The maximum absolute atomic E-state index is 12.1. The molecule has 2 aromatic rings. The molecule has 0 aliphatic carbocycles. The first-order chi connectivity index (χ1) is 12.5. The molecule has 138 valence electrons. The van der Waals surface area contributed by atoms with Crippen molar-refractivity contribution >= 4 is 17.6 Å². The molecule has 0 aliphatic rings. The first-order valence-electron chi connectivity index (χ1n) is 8.64. The number of nitrogens with zero attached hydrogens (tertiary/aromatic N) is 1. The van der Waals surface area contributed by atoms with Gasteiger partial charge in [-0.25, -0.2) is 4.79 Å². The highest BCUT2D eigenvalue weighted by molar-refractivity contribution is 6.06. The summed E-state index contributed by atoms with van der Waals surface area (Å²) in [6.45, 7) is 7.00. The van der Waals surface area contributed by atoms with Gasteiger partial charge < -0.3 is 20.1 Å². The van der Waals surface area contributed by atoms with Crippen LogP contribution in [0.4, 0.5) is 5.69 Å². The Morgan fingerprint density at radius 2 is 1.69 bits per heavy atom. The minimum atomic E-state index is -0.419. The second-order valence-electron chi connectivity index (χ2n) is 5.71. The maximum Gasteiger partial charge on any atom is 0.338 e. The van der Waals surface area contributed by atoms with Crippen LogP contribution in [0.25, 0.3) is 0 Å². The number of hydrogen-bond donors (Lipinski definition) is 2. The summed E-state index contributed by atoms with van der Waals surface area (Å²) in [6, 6.07) is 12.7. The molecule has 0 unspecified atom stereocenters. The lowest BCUT2D eigenvalue weighted by molar-refractivity contribution is 0.0466. The van der Waals surface area contributed by atoms with Crippen LogP contribution in [0.2, 0.25) is 0 Å². The van der Waals surface area contributed by atoms with Crippen LogP contribution in [0.1, 0.15) is 34.6 Å². The summed E-state index contributed by atoms with van der Waals surface area (Å²) in [6.07, 6.45) is 0. The maximum atomic E-state index is 12.1. The lowest BCUT2D eigenvalue weighted by Gasteiger charge is -2.17. The number of rotatable bonds is 8. The number of nitrogens with one attached hydrogen (secondary N) is 1. The molecule has 0 spiro atoms. The number of hydrogen-bond acceptors (Lipinski definition) is 5. The van der Waals surface area contributed by atoms with Crippen LogP contribution in [0.5, 0.6) is 5.75 Å². The number of likely N-dealkylation sites (N-methyl/N-ethyl adjacent to an activating group) is 1. The Hall–Kier alpha value is -2.86. The van der Waals surface area contributed by atoms with Crippen molar-refractivity contribution in [1.29, 1.82) is 0 Å². The third kappa shape index (κ3) is 5.32. The SMILES string of the molecule is CCN(CC)CCOC(=O)c1ccc(NC(=O)c2ccccc2O)cc1. The Balaban J connectivity index is 1.90. The van der Waals surface area contributed by atoms with Gasteiger partial charge in [-0.15, -0.1) is 0 Å². The molecule has 0 heterocycles. The minimum absolute atomic E-state index is 0.0848. The van der Waals surface area contributed by atoms with E-state index in [1.165, 1.54) is 12.1 Å². The van der Waals surface area contributed by atoms with E-state index in [2.05, 4.69) is 24.1 Å². The van der Waals surface area contributed by atoms with Gasteiger partial charge in [-0.2, -0.15) is 0 Å². The van der Waals surface area contributed by atoms with E-state index >= 15 is 0 Å². The Labute approximate surface area is 153 Å². The van der Waals surface area contributed by atoms with Crippen molar-refractivity contribution in [3.8, 4) is 5.75 Å². The number of esters is 1. The number of ether oxygens (including phenoxy) is 1. The van der Waals surface area contributed by atoms with Crippen molar-refractivity contribution in [3.05, 3.63) is 59.7 Å². The molecule has 0 bridgehead atoms. The van der Waals surface area contributed by atoms with E-state index in [1.807, 2.05) is 0 Å². The van der Waals surface area contributed by atoms with Gasteiger partial charge in [-0.3, -0.25) is 4.79 Å². The fourth-order valence-corrected chi connectivity index (χ4v) is 2.44. The van der Waals surface area contributed by atoms with Crippen molar-refractivity contribution < 1.29 is 19.4 Å². The van der Waals surface area contributed by atoms with Gasteiger partial charge in [0.1, 0.15) is 12.4 Å². The van der Waals surface area contributed by atoms with Crippen molar-refractivity contribution in [2.45, 2.75) is 13.8 Å². The van der Waals surface area contributed by atoms with Crippen molar-refractivity contribution in [2.24, 2.45) is 0 Å². The summed E-state index contributed by atoms with van der Waals surface area (Å²) in [5.74, 6) is -0.896. The summed E-state index contributed by atoms with van der Waals surface area (Å²) in [7, 11) is 0. The highest BCUT2D eigenvalue weighted by Crippen LogP contribution is 2.18. The van der Waals surface area contributed by atoms with Crippen molar-refractivity contribution in [3.63, 3.8) is 0 Å². The number of para-hydroxylation sites is 1. The number of carbonyl (C=O) groups excluding carboxylic acids is 2. The largest absolute Gasteiger partial charge is 0.507 e. The normalized spacial score (nSPS) is 10.6. The van der Waals surface area contributed by atoms with Crippen LogP contribution in [0, 0.1) is 0 Å². The standard InChI is InChI=1S/C20H24N2O4/c1-3-22(4-2)13-14-26-20(25)15-9-11-16(12-10-15)21-19(24)17-7-5-6-8-18(17)23/h5-12,23H,3-4,13-14H2,1-2H3,(H,21,24). The molecule has 2 N–H and O–H groups in total. The van der Waals surface area contributed by atoms with Crippen LogP contribution in [-0.4, -0.2) is 48.1 Å². The quantitative estimate of drug-likeness (QED) is 0.711. The molecule has 6 heteroatoms. The van der Waals surface area contributed by atoms with E-state index in [0.717, 1.165) is 13.1 Å². The minimum Gasteiger partial charge on any atom is -0.507 e. The van der Waals surface area contributed by atoms with Crippen LogP contribution < -0.4 is 5.32 Å². The summed E-state index contributed by atoms with van der Waals surface area (Å²) < 4.78 is 5.27. The van der Waals surface area contributed by atoms with Gasteiger partial charge >= 0.3 is 5.97 Å². The van der Waals surface area contributed by atoms with Gasteiger partial charge in [0.05, 0.1) is 11.1 Å². The molecule has 0 saturated carbocycles. The molecular weight excluding hydrogens is 332 g/mol. The summed E-state index contributed by atoms with van der Waals surface area (Å²) in [4.78, 5) is 26.4.